The fraction of sp³-hybridized carbons (Fsp3) is 0.455. The van der Waals surface area contributed by atoms with E-state index in [0.717, 1.165) is 19.5 Å². The van der Waals surface area contributed by atoms with Crippen molar-refractivity contribution in [3.8, 4) is 0 Å². The number of hydrazine groups is 1. The van der Waals surface area contributed by atoms with Gasteiger partial charge in [-0.25, -0.2) is 9.40 Å². The Morgan fingerprint density at radius 1 is 1.29 bits per heavy atom. The second kappa shape index (κ2) is 5.73. The molecule has 0 aliphatic carbocycles. The van der Waals surface area contributed by atoms with Gasteiger partial charge < -0.3 is 0 Å². The van der Waals surface area contributed by atoms with Crippen molar-refractivity contribution in [1.29, 1.82) is 0 Å². The molecule has 0 aromatic heterocycles. The average molecular weight is 196 g/mol. The van der Waals surface area contributed by atoms with Crippen LogP contribution in [0.25, 0.3) is 0 Å². The smallest absolute Gasteiger partial charge is 0.123 e. The molecular formula is C11H17FN2. The van der Waals surface area contributed by atoms with Crippen molar-refractivity contribution in [2.24, 2.45) is 0 Å². The monoisotopic (exact) mass is 196 g/mol. The summed E-state index contributed by atoms with van der Waals surface area (Å²) in [5.41, 5.74) is 4.26. The highest BCUT2D eigenvalue weighted by atomic mass is 19.1. The van der Waals surface area contributed by atoms with Crippen molar-refractivity contribution >= 4 is 0 Å². The van der Waals surface area contributed by atoms with Crippen LogP contribution < -0.4 is 5.43 Å². The molecule has 0 spiro atoms. The Balaban J connectivity index is 2.41. The van der Waals surface area contributed by atoms with Crippen LogP contribution in [0.1, 0.15) is 12.5 Å². The summed E-state index contributed by atoms with van der Waals surface area (Å²) in [7, 11) is 1.91. The van der Waals surface area contributed by atoms with Crippen molar-refractivity contribution in [2.45, 2.75) is 13.3 Å². The molecule has 0 unspecified atom stereocenters. The zero-order chi connectivity index (χ0) is 10.4. The van der Waals surface area contributed by atoms with Crippen molar-refractivity contribution in [2.75, 3.05) is 20.1 Å². The van der Waals surface area contributed by atoms with Crippen LogP contribution in [0.3, 0.4) is 0 Å². The molecule has 0 radical (unpaired) electrons. The average Bonchev–Trinajstić information content (AvgIpc) is 2.22. The maximum Gasteiger partial charge on any atom is 0.123 e. The van der Waals surface area contributed by atoms with Crippen LogP contribution in [0.4, 0.5) is 4.39 Å². The largest absolute Gasteiger partial charge is 0.258 e. The van der Waals surface area contributed by atoms with E-state index in [1.54, 1.807) is 0 Å². The second-order valence-electron chi connectivity index (χ2n) is 3.18. The Morgan fingerprint density at radius 3 is 2.43 bits per heavy atom. The molecule has 0 saturated carbocycles. The predicted octanol–water partition coefficient (Wildman–Crippen LogP) is 1.82. The number of hydrogen-bond acceptors (Lipinski definition) is 2. The Hall–Kier alpha value is -0.930. The highest BCUT2D eigenvalue weighted by molar-refractivity contribution is 5.16. The van der Waals surface area contributed by atoms with Crippen molar-refractivity contribution in [1.82, 2.24) is 10.4 Å². The molecule has 1 aromatic carbocycles. The second-order valence-corrected chi connectivity index (χ2v) is 3.18. The Bertz CT molecular complexity index is 254. The third kappa shape index (κ3) is 3.44. The van der Waals surface area contributed by atoms with Crippen LogP contribution in [0.2, 0.25) is 0 Å². The zero-order valence-corrected chi connectivity index (χ0v) is 8.76. The molecule has 0 atom stereocenters. The topological polar surface area (TPSA) is 15.3 Å². The van der Waals surface area contributed by atoms with E-state index in [1.165, 1.54) is 17.7 Å². The van der Waals surface area contributed by atoms with Gasteiger partial charge in [-0.3, -0.25) is 5.43 Å². The third-order valence-electron chi connectivity index (χ3n) is 2.28. The summed E-state index contributed by atoms with van der Waals surface area (Å²) in [6, 6.07) is 6.67. The lowest BCUT2D eigenvalue weighted by Crippen LogP contribution is -2.36. The van der Waals surface area contributed by atoms with Gasteiger partial charge in [0.1, 0.15) is 5.82 Å². The molecule has 0 saturated heterocycles. The zero-order valence-electron chi connectivity index (χ0n) is 8.76. The highest BCUT2D eigenvalue weighted by Gasteiger charge is 1.99. The molecule has 0 bridgehead atoms. The molecule has 0 amide bonds. The van der Waals surface area contributed by atoms with Crippen LogP contribution in [0.5, 0.6) is 0 Å². The molecule has 0 heterocycles. The van der Waals surface area contributed by atoms with Gasteiger partial charge >= 0.3 is 0 Å². The molecule has 2 nitrogen and oxygen atoms in total. The first kappa shape index (κ1) is 11.1. The van der Waals surface area contributed by atoms with E-state index in [1.807, 2.05) is 19.2 Å². The summed E-state index contributed by atoms with van der Waals surface area (Å²) in [5, 5.41) is 2.11. The number of benzene rings is 1. The van der Waals surface area contributed by atoms with Gasteiger partial charge in [0.25, 0.3) is 0 Å². The molecular weight excluding hydrogens is 179 g/mol. The van der Waals surface area contributed by atoms with E-state index in [0.29, 0.717) is 0 Å². The lowest BCUT2D eigenvalue weighted by Gasteiger charge is -2.18. The van der Waals surface area contributed by atoms with Gasteiger partial charge in [-0.05, 0) is 31.2 Å². The summed E-state index contributed by atoms with van der Waals surface area (Å²) < 4.78 is 12.6. The van der Waals surface area contributed by atoms with Crippen LogP contribution in [0.15, 0.2) is 24.3 Å². The molecule has 0 aliphatic heterocycles. The number of rotatable bonds is 5. The van der Waals surface area contributed by atoms with E-state index in [2.05, 4.69) is 17.4 Å². The van der Waals surface area contributed by atoms with Gasteiger partial charge in [0, 0.05) is 13.1 Å². The van der Waals surface area contributed by atoms with Crippen LogP contribution in [-0.2, 0) is 6.42 Å². The number of halogens is 1. The maximum atomic E-state index is 12.6. The fourth-order valence-corrected chi connectivity index (χ4v) is 1.34. The van der Waals surface area contributed by atoms with Gasteiger partial charge in [-0.2, -0.15) is 0 Å². The quantitative estimate of drug-likeness (QED) is 0.723. The minimum atomic E-state index is -0.172. The summed E-state index contributed by atoms with van der Waals surface area (Å²) in [4.78, 5) is 0. The molecule has 0 fully saturated rings. The molecule has 0 aliphatic rings. The number of likely N-dealkylation sites (N-methyl/N-ethyl adjacent to an activating group) is 1. The van der Waals surface area contributed by atoms with Crippen molar-refractivity contribution in [3.63, 3.8) is 0 Å². The number of nitrogens with one attached hydrogen (secondary N) is 1. The molecule has 14 heavy (non-hydrogen) atoms. The van der Waals surface area contributed by atoms with E-state index in [4.69, 9.17) is 0 Å². The summed E-state index contributed by atoms with van der Waals surface area (Å²) in [5.74, 6) is -0.172. The highest BCUT2D eigenvalue weighted by Crippen LogP contribution is 2.03. The van der Waals surface area contributed by atoms with Gasteiger partial charge in [-0.15, -0.1) is 0 Å². The molecule has 1 N–H and O–H groups in total. The summed E-state index contributed by atoms with van der Waals surface area (Å²) in [6.07, 6.45) is 0.939. The van der Waals surface area contributed by atoms with Gasteiger partial charge in [0.2, 0.25) is 0 Å². The Kier molecular flexibility index (Phi) is 4.56. The van der Waals surface area contributed by atoms with Crippen molar-refractivity contribution < 1.29 is 4.39 Å². The fourth-order valence-electron chi connectivity index (χ4n) is 1.34. The molecule has 1 rings (SSSR count). The predicted molar refractivity (Wildman–Crippen MR) is 56.4 cm³/mol. The van der Waals surface area contributed by atoms with E-state index >= 15 is 0 Å². The minimum Gasteiger partial charge on any atom is -0.258 e. The standard InChI is InChI=1S/C11H17FN2/c1-3-14(13-2)9-8-10-4-6-11(12)7-5-10/h4-7,13H,3,8-9H2,1-2H3. The normalized spacial score (nSPS) is 10.9. The van der Waals surface area contributed by atoms with Gasteiger partial charge in [0.15, 0.2) is 0 Å². The SMILES string of the molecule is CCN(CCc1ccc(F)cc1)NC. The first-order valence-corrected chi connectivity index (χ1v) is 4.93. The molecule has 78 valence electrons. The first-order chi connectivity index (χ1) is 6.76. The van der Waals surface area contributed by atoms with Crippen LogP contribution >= 0.6 is 0 Å². The third-order valence-corrected chi connectivity index (χ3v) is 2.28. The van der Waals surface area contributed by atoms with Gasteiger partial charge in [0.05, 0.1) is 0 Å². The van der Waals surface area contributed by atoms with Crippen molar-refractivity contribution in [3.05, 3.63) is 35.6 Å². The maximum absolute atomic E-state index is 12.6. The van der Waals surface area contributed by atoms with Crippen LogP contribution in [-0.4, -0.2) is 25.1 Å². The van der Waals surface area contributed by atoms with E-state index in [-0.39, 0.29) is 5.82 Å². The van der Waals surface area contributed by atoms with Gasteiger partial charge in [-0.1, -0.05) is 19.1 Å². The molecule has 3 heteroatoms. The van der Waals surface area contributed by atoms with Crippen LogP contribution in [0, 0.1) is 5.82 Å². The minimum absolute atomic E-state index is 0.172. The number of nitrogens with zero attached hydrogens (tertiary/aromatic N) is 1. The molecule has 1 aromatic rings. The Morgan fingerprint density at radius 2 is 1.93 bits per heavy atom. The van der Waals surface area contributed by atoms with E-state index < -0.39 is 0 Å². The number of hydrogen-bond donors (Lipinski definition) is 1. The Labute approximate surface area is 84.7 Å². The van der Waals surface area contributed by atoms with E-state index in [9.17, 15) is 4.39 Å². The summed E-state index contributed by atoms with van der Waals surface area (Å²) >= 11 is 0. The first-order valence-electron chi connectivity index (χ1n) is 4.93. The lowest BCUT2D eigenvalue weighted by atomic mass is 10.1. The summed E-state index contributed by atoms with van der Waals surface area (Å²) in [6.45, 7) is 4.01. The lowest BCUT2D eigenvalue weighted by molar-refractivity contribution is 0.222.